The van der Waals surface area contributed by atoms with E-state index in [0.29, 0.717) is 0 Å². The fourth-order valence-corrected chi connectivity index (χ4v) is 0.979. The molecular formula is C7H10FNO. The lowest BCUT2D eigenvalue weighted by Gasteiger charge is -2.03. The summed E-state index contributed by atoms with van der Waals surface area (Å²) < 4.78 is 11.9. The van der Waals surface area contributed by atoms with Gasteiger partial charge in [-0.1, -0.05) is 6.92 Å². The van der Waals surface area contributed by atoms with E-state index in [0.717, 1.165) is 6.42 Å². The van der Waals surface area contributed by atoms with Crippen LogP contribution in [0.1, 0.15) is 13.3 Å². The molecule has 0 spiro atoms. The summed E-state index contributed by atoms with van der Waals surface area (Å²) in [6, 6.07) is -0.175. The van der Waals surface area contributed by atoms with E-state index in [1.807, 2.05) is 6.92 Å². The fraction of sp³-hybridized carbons (Fsp3) is 0.571. The van der Waals surface area contributed by atoms with Gasteiger partial charge < -0.3 is 5.32 Å². The third-order valence-corrected chi connectivity index (χ3v) is 1.64. The number of carbonyl (C=O) groups is 1. The number of nitrogens with one attached hydrogen (secondary N) is 1. The number of alkyl halides is 1. The van der Waals surface area contributed by atoms with Gasteiger partial charge in [0.15, 0.2) is 5.78 Å². The van der Waals surface area contributed by atoms with Crippen molar-refractivity contribution in [2.75, 3.05) is 6.67 Å². The Bertz CT molecular complexity index is 176. The fourth-order valence-electron chi connectivity index (χ4n) is 0.979. The molecular weight excluding hydrogens is 133 g/mol. The Morgan fingerprint density at radius 2 is 2.50 bits per heavy atom. The van der Waals surface area contributed by atoms with E-state index in [1.165, 1.54) is 6.20 Å². The van der Waals surface area contributed by atoms with Crippen LogP contribution >= 0.6 is 0 Å². The third kappa shape index (κ3) is 1.03. The zero-order valence-electron chi connectivity index (χ0n) is 5.86. The highest BCUT2D eigenvalue weighted by atomic mass is 19.1. The van der Waals surface area contributed by atoms with Crippen molar-refractivity contribution in [3.8, 4) is 0 Å². The maximum absolute atomic E-state index is 11.9. The summed E-state index contributed by atoms with van der Waals surface area (Å²) >= 11 is 0. The van der Waals surface area contributed by atoms with E-state index in [9.17, 15) is 9.18 Å². The molecule has 0 aromatic carbocycles. The normalized spacial score (nSPS) is 24.4. The van der Waals surface area contributed by atoms with Gasteiger partial charge in [0.1, 0.15) is 6.67 Å². The molecule has 1 N–H and O–H groups in total. The second-order valence-electron chi connectivity index (χ2n) is 2.29. The van der Waals surface area contributed by atoms with Crippen LogP contribution in [-0.4, -0.2) is 18.5 Å². The van der Waals surface area contributed by atoms with Crippen LogP contribution in [0.2, 0.25) is 0 Å². The van der Waals surface area contributed by atoms with Gasteiger partial charge in [-0.15, -0.1) is 0 Å². The molecule has 1 aliphatic heterocycles. The minimum absolute atomic E-state index is 0.0926. The maximum atomic E-state index is 11.9. The van der Waals surface area contributed by atoms with Gasteiger partial charge in [0, 0.05) is 11.8 Å². The Hall–Kier alpha value is -0.860. The molecule has 1 rings (SSSR count). The molecule has 0 aromatic rings. The number of halogens is 1. The average Bonchev–Trinajstić information content (AvgIpc) is 2.30. The zero-order chi connectivity index (χ0) is 7.56. The quantitative estimate of drug-likeness (QED) is 0.619. The number of Topliss-reactive ketones (excluding diaryl/α,β-unsaturated/α-hetero) is 1. The highest BCUT2D eigenvalue weighted by molar-refractivity contribution is 6.01. The van der Waals surface area contributed by atoms with Crippen molar-refractivity contribution >= 4 is 5.78 Å². The van der Waals surface area contributed by atoms with E-state index < -0.39 is 6.67 Å². The summed E-state index contributed by atoms with van der Waals surface area (Å²) in [5.74, 6) is -0.0926. The van der Waals surface area contributed by atoms with Gasteiger partial charge >= 0.3 is 0 Å². The van der Waals surface area contributed by atoms with Crippen LogP contribution < -0.4 is 5.32 Å². The number of hydrogen-bond acceptors (Lipinski definition) is 2. The number of rotatable bonds is 2. The van der Waals surface area contributed by atoms with Crippen LogP contribution in [0, 0.1) is 0 Å². The lowest BCUT2D eigenvalue weighted by atomic mass is 10.1. The van der Waals surface area contributed by atoms with Crippen LogP contribution in [0.5, 0.6) is 0 Å². The first kappa shape index (κ1) is 7.25. The molecule has 0 aliphatic carbocycles. The van der Waals surface area contributed by atoms with Crippen LogP contribution in [-0.2, 0) is 4.79 Å². The van der Waals surface area contributed by atoms with Gasteiger partial charge in [-0.3, -0.25) is 4.79 Å². The van der Waals surface area contributed by atoms with Crippen molar-refractivity contribution < 1.29 is 9.18 Å². The summed E-state index contributed by atoms with van der Waals surface area (Å²) in [4.78, 5) is 11.0. The monoisotopic (exact) mass is 143 g/mol. The molecule has 0 amide bonds. The molecule has 1 heterocycles. The van der Waals surface area contributed by atoms with E-state index in [2.05, 4.69) is 5.32 Å². The van der Waals surface area contributed by atoms with E-state index >= 15 is 0 Å². The molecule has 0 bridgehead atoms. The molecule has 1 aliphatic rings. The van der Waals surface area contributed by atoms with Gasteiger partial charge in [-0.05, 0) is 6.42 Å². The minimum Gasteiger partial charge on any atom is -0.381 e. The molecule has 3 heteroatoms. The van der Waals surface area contributed by atoms with Gasteiger partial charge in [0.2, 0.25) is 0 Å². The first-order valence-electron chi connectivity index (χ1n) is 3.34. The number of ketones is 1. The topological polar surface area (TPSA) is 29.1 Å². The van der Waals surface area contributed by atoms with Gasteiger partial charge in [-0.25, -0.2) is 4.39 Å². The Kier molecular flexibility index (Phi) is 2.04. The first-order valence-corrected chi connectivity index (χ1v) is 3.34. The lowest BCUT2D eigenvalue weighted by molar-refractivity contribution is -0.116. The van der Waals surface area contributed by atoms with Gasteiger partial charge in [0.05, 0.1) is 6.04 Å². The maximum Gasteiger partial charge on any atom is 0.185 e. The largest absolute Gasteiger partial charge is 0.381 e. The lowest BCUT2D eigenvalue weighted by Crippen LogP contribution is -2.26. The highest BCUT2D eigenvalue weighted by Crippen LogP contribution is 2.10. The average molecular weight is 143 g/mol. The van der Waals surface area contributed by atoms with Crippen molar-refractivity contribution in [3.63, 3.8) is 0 Å². The molecule has 0 aromatic heterocycles. The van der Waals surface area contributed by atoms with Gasteiger partial charge in [0.25, 0.3) is 0 Å². The number of hydrogen-bond donors (Lipinski definition) is 1. The standard InChI is InChI=1S/C7H10FNO/c1-2-6-7(10)5(3-8)4-9-6/h4,6,9H,2-3H2,1H3. The predicted octanol–water partition coefficient (Wildman–Crippen LogP) is 0.791. The smallest absolute Gasteiger partial charge is 0.185 e. The molecule has 0 saturated carbocycles. The molecule has 56 valence electrons. The molecule has 0 fully saturated rings. The van der Waals surface area contributed by atoms with Crippen LogP contribution in [0.4, 0.5) is 4.39 Å². The molecule has 0 saturated heterocycles. The molecule has 2 nitrogen and oxygen atoms in total. The molecule has 1 atom stereocenters. The molecule has 0 radical (unpaired) electrons. The van der Waals surface area contributed by atoms with Crippen molar-refractivity contribution in [3.05, 3.63) is 11.8 Å². The Morgan fingerprint density at radius 1 is 1.80 bits per heavy atom. The van der Waals surface area contributed by atoms with E-state index in [1.54, 1.807) is 0 Å². The van der Waals surface area contributed by atoms with E-state index in [-0.39, 0.29) is 17.4 Å². The molecule has 10 heavy (non-hydrogen) atoms. The third-order valence-electron chi connectivity index (χ3n) is 1.64. The summed E-state index contributed by atoms with van der Waals surface area (Å²) in [7, 11) is 0. The minimum atomic E-state index is -0.650. The zero-order valence-corrected chi connectivity index (χ0v) is 5.86. The Balaban J connectivity index is 2.60. The first-order chi connectivity index (χ1) is 4.79. The van der Waals surface area contributed by atoms with Crippen molar-refractivity contribution in [1.29, 1.82) is 0 Å². The summed E-state index contributed by atoms with van der Waals surface area (Å²) in [5.41, 5.74) is 0.270. The second kappa shape index (κ2) is 2.82. The second-order valence-corrected chi connectivity index (χ2v) is 2.29. The van der Waals surface area contributed by atoms with Gasteiger partial charge in [-0.2, -0.15) is 0 Å². The number of carbonyl (C=O) groups excluding carboxylic acids is 1. The Morgan fingerprint density at radius 3 is 2.80 bits per heavy atom. The SMILES string of the molecule is CCC1NC=C(CF)C1=O. The van der Waals surface area contributed by atoms with Crippen LogP contribution in [0.15, 0.2) is 11.8 Å². The van der Waals surface area contributed by atoms with Crippen molar-refractivity contribution in [2.24, 2.45) is 0 Å². The highest BCUT2D eigenvalue weighted by Gasteiger charge is 2.24. The summed E-state index contributed by atoms with van der Waals surface area (Å²) in [6.07, 6.45) is 2.19. The van der Waals surface area contributed by atoms with Crippen LogP contribution in [0.25, 0.3) is 0 Å². The van der Waals surface area contributed by atoms with Crippen molar-refractivity contribution in [2.45, 2.75) is 19.4 Å². The van der Waals surface area contributed by atoms with E-state index in [4.69, 9.17) is 0 Å². The molecule has 1 unspecified atom stereocenters. The summed E-state index contributed by atoms with van der Waals surface area (Å²) in [5, 5.41) is 2.81. The van der Waals surface area contributed by atoms with Crippen molar-refractivity contribution in [1.82, 2.24) is 5.32 Å². The predicted molar refractivity (Wildman–Crippen MR) is 36.3 cm³/mol. The van der Waals surface area contributed by atoms with Crippen LogP contribution in [0.3, 0.4) is 0 Å². The summed E-state index contributed by atoms with van der Waals surface area (Å²) in [6.45, 7) is 1.24. The Labute approximate surface area is 59.1 Å².